The lowest BCUT2D eigenvalue weighted by Crippen LogP contribution is -1.86. The maximum atomic E-state index is 10.5. The summed E-state index contributed by atoms with van der Waals surface area (Å²) in [6.07, 6.45) is 2.26. The Bertz CT molecular complexity index is 503. The Hall–Kier alpha value is -1.38. The van der Waals surface area contributed by atoms with E-state index in [-0.39, 0.29) is 0 Å². The number of benzene rings is 1. The summed E-state index contributed by atoms with van der Waals surface area (Å²) in [5.41, 5.74) is 2.10. The number of carbonyl (C=O) groups excluding carboxylic acids is 1. The third kappa shape index (κ3) is 2.40. The molecule has 0 N–H and O–H groups in total. The van der Waals surface area contributed by atoms with E-state index < -0.39 is 0 Å². The zero-order valence-corrected chi connectivity index (χ0v) is 9.66. The molecule has 2 rings (SSSR count). The van der Waals surface area contributed by atoms with Crippen LogP contribution < -0.4 is 0 Å². The topological polar surface area (TPSA) is 30.0 Å². The molecule has 1 heterocycles. The second-order valence-electron chi connectivity index (χ2n) is 3.25. The molecule has 0 atom stereocenters. The molecule has 2 aromatic rings. The molecule has 0 aliphatic carbocycles. The van der Waals surface area contributed by atoms with Crippen molar-refractivity contribution in [2.75, 3.05) is 0 Å². The van der Waals surface area contributed by atoms with Gasteiger partial charge < -0.3 is 0 Å². The minimum absolute atomic E-state index is 0.539. The summed E-state index contributed by atoms with van der Waals surface area (Å²) >= 11 is 11.8. The number of nitrogens with zero attached hydrogens (tertiary/aromatic N) is 1. The molecule has 0 amide bonds. The Morgan fingerprint density at radius 1 is 1.06 bits per heavy atom. The summed E-state index contributed by atoms with van der Waals surface area (Å²) in [7, 11) is 0. The van der Waals surface area contributed by atoms with Crippen LogP contribution in [-0.2, 0) is 0 Å². The highest BCUT2D eigenvalue weighted by Gasteiger charge is 2.02. The highest BCUT2D eigenvalue weighted by Crippen LogP contribution is 2.25. The van der Waals surface area contributed by atoms with E-state index in [0.29, 0.717) is 15.6 Å². The summed E-state index contributed by atoms with van der Waals surface area (Å²) in [6.45, 7) is 0. The third-order valence-electron chi connectivity index (χ3n) is 2.08. The first-order chi connectivity index (χ1) is 7.69. The first kappa shape index (κ1) is 11.1. The van der Waals surface area contributed by atoms with E-state index in [1.54, 1.807) is 30.3 Å². The van der Waals surface area contributed by atoms with Crippen molar-refractivity contribution < 1.29 is 4.79 Å². The van der Waals surface area contributed by atoms with Gasteiger partial charge in [0.25, 0.3) is 0 Å². The molecule has 0 unspecified atom stereocenters. The van der Waals surface area contributed by atoms with Crippen LogP contribution in [-0.4, -0.2) is 11.3 Å². The molecule has 0 fully saturated rings. The smallest absolute Gasteiger partial charge is 0.151 e. The van der Waals surface area contributed by atoms with Gasteiger partial charge in [-0.05, 0) is 30.3 Å². The molecule has 0 saturated carbocycles. The van der Waals surface area contributed by atoms with Crippen LogP contribution in [0.15, 0.2) is 36.5 Å². The first-order valence-electron chi connectivity index (χ1n) is 4.57. The number of pyridine rings is 1. The van der Waals surface area contributed by atoms with E-state index in [1.165, 1.54) is 6.20 Å². The summed E-state index contributed by atoms with van der Waals surface area (Å²) < 4.78 is 0. The Morgan fingerprint density at radius 2 is 1.75 bits per heavy atom. The number of halogens is 2. The van der Waals surface area contributed by atoms with Gasteiger partial charge in [-0.1, -0.05) is 23.2 Å². The Balaban J connectivity index is 2.45. The predicted molar refractivity (Wildman–Crippen MR) is 65.1 cm³/mol. The number of hydrogen-bond donors (Lipinski definition) is 0. The quantitative estimate of drug-likeness (QED) is 0.759. The van der Waals surface area contributed by atoms with E-state index >= 15 is 0 Å². The van der Waals surface area contributed by atoms with Gasteiger partial charge in [0, 0.05) is 27.4 Å². The lowest BCUT2D eigenvalue weighted by atomic mass is 10.1. The van der Waals surface area contributed by atoms with Crippen LogP contribution in [0.2, 0.25) is 10.0 Å². The minimum atomic E-state index is 0.539. The van der Waals surface area contributed by atoms with Gasteiger partial charge in [-0.3, -0.25) is 9.78 Å². The van der Waals surface area contributed by atoms with Crippen LogP contribution in [0.1, 0.15) is 10.4 Å². The molecule has 4 heteroatoms. The van der Waals surface area contributed by atoms with Crippen molar-refractivity contribution in [3.05, 3.63) is 52.1 Å². The Labute approximate surface area is 103 Å². The molecule has 1 aromatic carbocycles. The molecular weight excluding hydrogens is 245 g/mol. The SMILES string of the molecule is O=Cc1ccc(-c2cc(Cl)cc(Cl)c2)nc1. The van der Waals surface area contributed by atoms with Gasteiger partial charge in [-0.25, -0.2) is 0 Å². The summed E-state index contributed by atoms with van der Waals surface area (Å²) in [5.74, 6) is 0. The van der Waals surface area contributed by atoms with Gasteiger partial charge >= 0.3 is 0 Å². The zero-order valence-electron chi connectivity index (χ0n) is 8.15. The van der Waals surface area contributed by atoms with Gasteiger partial charge in [0.1, 0.15) is 0 Å². The number of rotatable bonds is 2. The van der Waals surface area contributed by atoms with Crippen LogP contribution in [0, 0.1) is 0 Å². The Morgan fingerprint density at radius 3 is 2.25 bits per heavy atom. The fraction of sp³-hybridized carbons (Fsp3) is 0. The van der Waals surface area contributed by atoms with E-state index in [1.807, 2.05) is 0 Å². The zero-order chi connectivity index (χ0) is 11.5. The van der Waals surface area contributed by atoms with Crippen LogP contribution in [0.3, 0.4) is 0 Å². The van der Waals surface area contributed by atoms with Crippen LogP contribution >= 0.6 is 23.2 Å². The molecule has 1 aromatic heterocycles. The second kappa shape index (κ2) is 4.64. The fourth-order valence-electron chi connectivity index (χ4n) is 1.35. The van der Waals surface area contributed by atoms with Gasteiger partial charge in [-0.2, -0.15) is 0 Å². The molecule has 0 radical (unpaired) electrons. The Kier molecular flexibility index (Phi) is 3.22. The number of aldehydes is 1. The second-order valence-corrected chi connectivity index (χ2v) is 4.13. The highest BCUT2D eigenvalue weighted by molar-refractivity contribution is 6.35. The molecule has 0 aliphatic rings. The van der Waals surface area contributed by atoms with E-state index in [0.717, 1.165) is 17.5 Å². The van der Waals surface area contributed by atoms with Gasteiger partial charge in [-0.15, -0.1) is 0 Å². The van der Waals surface area contributed by atoms with E-state index in [2.05, 4.69) is 4.98 Å². The normalized spacial score (nSPS) is 10.1. The lowest BCUT2D eigenvalue weighted by Gasteiger charge is -2.02. The standard InChI is InChI=1S/C12H7Cl2NO/c13-10-3-9(4-11(14)5-10)12-2-1-8(7-16)6-15-12/h1-7H. The highest BCUT2D eigenvalue weighted by atomic mass is 35.5. The van der Waals surface area contributed by atoms with Crippen molar-refractivity contribution in [1.29, 1.82) is 0 Å². The molecule has 0 aliphatic heterocycles. The van der Waals surface area contributed by atoms with Gasteiger partial charge in [0.2, 0.25) is 0 Å². The van der Waals surface area contributed by atoms with Crippen molar-refractivity contribution >= 4 is 29.5 Å². The first-order valence-corrected chi connectivity index (χ1v) is 5.32. The monoisotopic (exact) mass is 251 g/mol. The molecule has 16 heavy (non-hydrogen) atoms. The molecule has 0 saturated heterocycles. The average Bonchev–Trinajstić information content (AvgIpc) is 2.28. The summed E-state index contributed by atoms with van der Waals surface area (Å²) in [4.78, 5) is 14.6. The number of hydrogen-bond acceptors (Lipinski definition) is 2. The fourth-order valence-corrected chi connectivity index (χ4v) is 1.87. The van der Waals surface area contributed by atoms with Crippen molar-refractivity contribution in [3.63, 3.8) is 0 Å². The molecule has 0 bridgehead atoms. The van der Waals surface area contributed by atoms with Gasteiger partial charge in [0.05, 0.1) is 5.69 Å². The lowest BCUT2D eigenvalue weighted by molar-refractivity contribution is 0.112. The van der Waals surface area contributed by atoms with Crippen LogP contribution in [0.25, 0.3) is 11.3 Å². The molecule has 80 valence electrons. The van der Waals surface area contributed by atoms with E-state index in [9.17, 15) is 4.79 Å². The summed E-state index contributed by atoms with van der Waals surface area (Å²) in [5, 5.41) is 1.12. The minimum Gasteiger partial charge on any atom is -0.298 e. The molecule has 0 spiro atoms. The van der Waals surface area contributed by atoms with E-state index in [4.69, 9.17) is 23.2 Å². The van der Waals surface area contributed by atoms with Crippen molar-refractivity contribution in [2.24, 2.45) is 0 Å². The molecule has 2 nitrogen and oxygen atoms in total. The average molecular weight is 252 g/mol. The van der Waals surface area contributed by atoms with Crippen molar-refractivity contribution in [3.8, 4) is 11.3 Å². The maximum absolute atomic E-state index is 10.5. The maximum Gasteiger partial charge on any atom is 0.151 e. The number of carbonyl (C=O) groups is 1. The third-order valence-corrected chi connectivity index (χ3v) is 2.52. The summed E-state index contributed by atoms with van der Waals surface area (Å²) in [6, 6.07) is 8.66. The van der Waals surface area contributed by atoms with Crippen molar-refractivity contribution in [2.45, 2.75) is 0 Å². The number of aromatic nitrogens is 1. The van der Waals surface area contributed by atoms with Crippen molar-refractivity contribution in [1.82, 2.24) is 4.98 Å². The largest absolute Gasteiger partial charge is 0.298 e. The van der Waals surface area contributed by atoms with Gasteiger partial charge in [0.15, 0.2) is 6.29 Å². The predicted octanol–water partition coefficient (Wildman–Crippen LogP) is 3.87. The van der Waals surface area contributed by atoms with Crippen LogP contribution in [0.4, 0.5) is 0 Å². The molecular formula is C12H7Cl2NO. The van der Waals surface area contributed by atoms with Crippen LogP contribution in [0.5, 0.6) is 0 Å².